The summed E-state index contributed by atoms with van der Waals surface area (Å²) in [4.78, 5) is 13.5. The van der Waals surface area contributed by atoms with Gasteiger partial charge < -0.3 is 32.8 Å². The molecule has 0 unspecified atom stereocenters. The first-order valence-corrected chi connectivity index (χ1v) is 11.1. The third-order valence-electron chi connectivity index (χ3n) is 6.09. The molecule has 0 bridgehead atoms. The van der Waals surface area contributed by atoms with Crippen molar-refractivity contribution in [3.8, 4) is 45.6 Å². The average molecular weight is 493 g/mol. The van der Waals surface area contributed by atoms with Crippen LogP contribution in [0.5, 0.6) is 34.5 Å². The van der Waals surface area contributed by atoms with Crippen LogP contribution in [0.25, 0.3) is 22.1 Å². The van der Waals surface area contributed by atoms with Gasteiger partial charge in [0.05, 0.1) is 42.7 Å². The van der Waals surface area contributed by atoms with Crippen molar-refractivity contribution in [1.29, 1.82) is 0 Å². The summed E-state index contributed by atoms with van der Waals surface area (Å²) in [5, 5.41) is 0.777. The number of ketones is 1. The second-order valence-electron chi connectivity index (χ2n) is 7.91. The van der Waals surface area contributed by atoms with Crippen molar-refractivity contribution >= 4 is 16.8 Å². The van der Waals surface area contributed by atoms with Crippen LogP contribution in [0.3, 0.4) is 0 Å². The van der Waals surface area contributed by atoms with Gasteiger partial charge in [-0.15, -0.1) is 0 Å². The van der Waals surface area contributed by atoms with Crippen molar-refractivity contribution in [2.24, 2.45) is 0 Å². The van der Waals surface area contributed by atoms with Crippen LogP contribution >= 0.6 is 0 Å². The van der Waals surface area contributed by atoms with Crippen molar-refractivity contribution in [3.05, 3.63) is 59.4 Å². The van der Waals surface area contributed by atoms with Gasteiger partial charge in [-0.25, -0.2) is 0 Å². The Morgan fingerprint density at radius 1 is 0.667 bits per heavy atom. The van der Waals surface area contributed by atoms with Crippen LogP contribution in [0.2, 0.25) is 0 Å². The van der Waals surface area contributed by atoms with E-state index in [4.69, 9.17) is 32.8 Å². The van der Waals surface area contributed by atoms with E-state index in [1.165, 1.54) is 21.3 Å². The quantitative estimate of drug-likeness (QED) is 0.276. The van der Waals surface area contributed by atoms with E-state index in [-0.39, 0.29) is 11.5 Å². The van der Waals surface area contributed by atoms with Crippen LogP contribution in [0.15, 0.2) is 46.9 Å². The van der Waals surface area contributed by atoms with Crippen LogP contribution in [-0.4, -0.2) is 48.4 Å². The topological polar surface area (TPSA) is 85.6 Å². The van der Waals surface area contributed by atoms with Crippen LogP contribution in [0.4, 0.5) is 0 Å². The lowest BCUT2D eigenvalue weighted by Crippen LogP contribution is -2.04. The van der Waals surface area contributed by atoms with Gasteiger partial charge in [0.25, 0.3) is 0 Å². The molecule has 0 amide bonds. The lowest BCUT2D eigenvalue weighted by Gasteiger charge is -2.14. The molecule has 0 atom stereocenters. The molecule has 1 heterocycles. The van der Waals surface area contributed by atoms with E-state index in [0.29, 0.717) is 51.2 Å². The van der Waals surface area contributed by atoms with Crippen molar-refractivity contribution in [2.75, 3.05) is 42.7 Å². The van der Waals surface area contributed by atoms with E-state index >= 15 is 0 Å². The summed E-state index contributed by atoms with van der Waals surface area (Å²) < 4.78 is 38.8. The predicted molar refractivity (Wildman–Crippen MR) is 136 cm³/mol. The van der Waals surface area contributed by atoms with Crippen LogP contribution in [-0.2, 0) is 0 Å². The van der Waals surface area contributed by atoms with Gasteiger partial charge in [0.15, 0.2) is 17.3 Å². The van der Waals surface area contributed by atoms with Gasteiger partial charge >= 0.3 is 0 Å². The molecule has 0 spiro atoms. The molecular formula is C28H28O8. The van der Waals surface area contributed by atoms with Gasteiger partial charge in [0.2, 0.25) is 11.5 Å². The zero-order chi connectivity index (χ0) is 26.0. The van der Waals surface area contributed by atoms with E-state index in [1.807, 2.05) is 25.1 Å². The third kappa shape index (κ3) is 4.15. The first kappa shape index (κ1) is 24.8. The summed E-state index contributed by atoms with van der Waals surface area (Å²) in [5.74, 6) is 2.93. The van der Waals surface area contributed by atoms with Gasteiger partial charge in [-0.2, -0.15) is 0 Å². The molecule has 0 aliphatic carbocycles. The Bertz CT molecular complexity index is 1410. The second-order valence-corrected chi connectivity index (χ2v) is 7.91. The molecule has 4 rings (SSSR count). The largest absolute Gasteiger partial charge is 0.497 e. The Morgan fingerprint density at radius 3 is 1.83 bits per heavy atom. The molecule has 0 aliphatic rings. The third-order valence-corrected chi connectivity index (χ3v) is 6.09. The van der Waals surface area contributed by atoms with Gasteiger partial charge in [0, 0.05) is 39.8 Å². The number of ether oxygens (including phenoxy) is 6. The Morgan fingerprint density at radius 2 is 1.28 bits per heavy atom. The summed E-state index contributed by atoms with van der Waals surface area (Å²) in [6.45, 7) is 1.85. The molecule has 8 heteroatoms. The fourth-order valence-electron chi connectivity index (χ4n) is 4.21. The first-order valence-electron chi connectivity index (χ1n) is 11.1. The second kappa shape index (κ2) is 10.1. The molecule has 3 aromatic carbocycles. The van der Waals surface area contributed by atoms with Gasteiger partial charge in [-0.3, -0.25) is 4.79 Å². The van der Waals surface area contributed by atoms with Gasteiger partial charge in [0.1, 0.15) is 22.8 Å². The number of hydrogen-bond acceptors (Lipinski definition) is 8. The van der Waals surface area contributed by atoms with Crippen LogP contribution < -0.4 is 28.4 Å². The Balaban J connectivity index is 1.87. The van der Waals surface area contributed by atoms with Crippen molar-refractivity contribution in [1.82, 2.24) is 0 Å². The van der Waals surface area contributed by atoms with E-state index in [0.717, 1.165) is 16.5 Å². The number of hydrogen-bond donors (Lipinski definition) is 0. The molecule has 1 aromatic heterocycles. The average Bonchev–Trinajstić information content (AvgIpc) is 3.25. The minimum atomic E-state index is -0.314. The Labute approximate surface area is 209 Å². The van der Waals surface area contributed by atoms with E-state index in [2.05, 4.69) is 0 Å². The maximum atomic E-state index is 13.5. The monoisotopic (exact) mass is 492 g/mol. The SMILES string of the molecule is COc1ccc(-c2cc3c(C)c(C(=O)c4cc(OC)c(OC)c(OC)c4)oc3cc2OC)c(OC)c1. The lowest BCUT2D eigenvalue weighted by molar-refractivity contribution is 0.101. The standard InChI is InChI=1S/C28H28O8/c1-15-19-13-20(18-9-8-17(30-2)12-21(18)31-3)22(32-4)14-23(19)36-27(15)26(29)16-10-24(33-5)28(35-7)25(11-16)34-6/h8-14H,1-7H3. The van der Waals surface area contributed by atoms with Crippen molar-refractivity contribution in [2.45, 2.75) is 6.92 Å². The molecule has 0 aliphatic heterocycles. The highest BCUT2D eigenvalue weighted by atomic mass is 16.5. The molecule has 0 N–H and O–H groups in total. The number of carbonyl (C=O) groups is 1. The predicted octanol–water partition coefficient (Wildman–Crippen LogP) is 5.69. The summed E-state index contributed by atoms with van der Waals surface area (Å²) in [6.07, 6.45) is 0. The normalized spacial score (nSPS) is 10.8. The van der Waals surface area contributed by atoms with Crippen LogP contribution in [0, 0.1) is 6.92 Å². The van der Waals surface area contributed by atoms with Gasteiger partial charge in [-0.05, 0) is 37.3 Å². The highest BCUT2D eigenvalue weighted by molar-refractivity contribution is 6.11. The highest BCUT2D eigenvalue weighted by Gasteiger charge is 2.25. The van der Waals surface area contributed by atoms with Crippen molar-refractivity contribution < 1.29 is 37.6 Å². The van der Waals surface area contributed by atoms with Crippen molar-refractivity contribution in [3.63, 3.8) is 0 Å². The summed E-state index contributed by atoms with van der Waals surface area (Å²) >= 11 is 0. The fraction of sp³-hybridized carbons (Fsp3) is 0.250. The molecule has 36 heavy (non-hydrogen) atoms. The van der Waals surface area contributed by atoms with Crippen LogP contribution in [0.1, 0.15) is 21.7 Å². The molecule has 188 valence electrons. The molecule has 8 nitrogen and oxygen atoms in total. The number of carbonyl (C=O) groups excluding carboxylic acids is 1. The Kier molecular flexibility index (Phi) is 6.96. The number of benzene rings is 3. The number of methoxy groups -OCH3 is 6. The molecular weight excluding hydrogens is 464 g/mol. The molecule has 0 fully saturated rings. The van der Waals surface area contributed by atoms with E-state index in [9.17, 15) is 4.79 Å². The molecule has 0 saturated heterocycles. The molecule has 4 aromatic rings. The number of fused-ring (bicyclic) bond motifs is 1. The minimum absolute atomic E-state index is 0.208. The van der Waals surface area contributed by atoms with E-state index in [1.54, 1.807) is 45.6 Å². The lowest BCUT2D eigenvalue weighted by atomic mass is 9.99. The summed E-state index contributed by atoms with van der Waals surface area (Å²) in [6, 6.07) is 12.5. The molecule has 0 saturated carbocycles. The maximum Gasteiger partial charge on any atom is 0.228 e. The maximum absolute atomic E-state index is 13.5. The first-order chi connectivity index (χ1) is 17.4. The minimum Gasteiger partial charge on any atom is -0.497 e. The number of furan rings is 1. The zero-order valence-electron chi connectivity index (χ0n) is 21.3. The number of aryl methyl sites for hydroxylation is 1. The molecule has 0 radical (unpaired) electrons. The van der Waals surface area contributed by atoms with Gasteiger partial charge in [-0.1, -0.05) is 0 Å². The Hall–Kier alpha value is -4.33. The zero-order valence-corrected chi connectivity index (χ0v) is 21.3. The number of rotatable bonds is 9. The fourth-order valence-corrected chi connectivity index (χ4v) is 4.21. The van der Waals surface area contributed by atoms with E-state index < -0.39 is 0 Å². The summed E-state index contributed by atoms with van der Waals surface area (Å²) in [7, 11) is 9.29. The summed E-state index contributed by atoms with van der Waals surface area (Å²) in [5.41, 5.74) is 3.17. The smallest absolute Gasteiger partial charge is 0.228 e. The highest BCUT2D eigenvalue weighted by Crippen LogP contribution is 2.43.